The summed E-state index contributed by atoms with van der Waals surface area (Å²) in [4.78, 5) is 3.91. The maximum absolute atomic E-state index is 5.60. The van der Waals surface area contributed by atoms with Gasteiger partial charge in [0.25, 0.3) is 0 Å². The van der Waals surface area contributed by atoms with E-state index in [1.807, 2.05) is 19.9 Å². The molecule has 1 atom stereocenters. The molecule has 0 bridgehead atoms. The Kier molecular flexibility index (Phi) is 6.40. The number of hydrogen-bond acceptors (Lipinski definition) is 4. The lowest BCUT2D eigenvalue weighted by Gasteiger charge is -2.09. The number of anilines is 1. The fourth-order valence-corrected chi connectivity index (χ4v) is 1.82. The van der Waals surface area contributed by atoms with Crippen molar-refractivity contribution in [3.05, 3.63) is 18.3 Å². The zero-order valence-electron chi connectivity index (χ0n) is 10.8. The van der Waals surface area contributed by atoms with Crippen molar-refractivity contribution in [3.63, 3.8) is 0 Å². The number of nitrogens with two attached hydrogens (primary N) is 1. The van der Waals surface area contributed by atoms with E-state index < -0.39 is 0 Å². The molecule has 0 aliphatic carbocycles. The number of ether oxygens (including phenoxy) is 1. The molecule has 1 aliphatic rings. The molecule has 1 aromatic heterocycles. The summed E-state index contributed by atoms with van der Waals surface area (Å²) in [7, 11) is 0. The third-order valence-corrected chi connectivity index (χ3v) is 2.71. The van der Waals surface area contributed by atoms with Crippen LogP contribution in [0.1, 0.15) is 26.7 Å². The number of nitrogens with zero attached hydrogens (tertiary/aromatic N) is 1. The van der Waals surface area contributed by atoms with Gasteiger partial charge in [-0.05, 0) is 37.9 Å². The van der Waals surface area contributed by atoms with Gasteiger partial charge >= 0.3 is 0 Å². The number of aromatic nitrogens is 1. The van der Waals surface area contributed by atoms with Crippen LogP contribution in [0.2, 0.25) is 0 Å². The molecule has 1 saturated heterocycles. The molecule has 1 aliphatic heterocycles. The summed E-state index contributed by atoms with van der Waals surface area (Å²) in [6, 6.07) is 3.59. The van der Waals surface area contributed by atoms with Gasteiger partial charge < -0.3 is 15.8 Å². The van der Waals surface area contributed by atoms with E-state index in [0.717, 1.165) is 37.8 Å². The van der Waals surface area contributed by atoms with Gasteiger partial charge in [0.2, 0.25) is 0 Å². The van der Waals surface area contributed by atoms with Gasteiger partial charge in [0.1, 0.15) is 11.6 Å². The first-order chi connectivity index (χ1) is 8.34. The summed E-state index contributed by atoms with van der Waals surface area (Å²) in [6.07, 6.45) is 4.04. The molecule has 0 saturated carbocycles. The van der Waals surface area contributed by atoms with Crippen LogP contribution in [0.3, 0.4) is 0 Å². The normalized spacial score (nSPS) is 18.4. The Morgan fingerprint density at radius 3 is 3.00 bits per heavy atom. The third kappa shape index (κ3) is 5.04. The van der Waals surface area contributed by atoms with Crippen molar-refractivity contribution in [2.45, 2.75) is 26.7 Å². The molecule has 3 N–H and O–H groups in total. The Morgan fingerprint density at radius 1 is 1.53 bits per heavy atom. The van der Waals surface area contributed by atoms with Gasteiger partial charge in [-0.25, -0.2) is 4.98 Å². The summed E-state index contributed by atoms with van der Waals surface area (Å²) in [6.45, 7) is 7.03. The first kappa shape index (κ1) is 13.8. The molecular formula is C13H23N3O. The van der Waals surface area contributed by atoms with Crippen LogP contribution in [0.15, 0.2) is 18.3 Å². The maximum atomic E-state index is 5.60. The van der Waals surface area contributed by atoms with E-state index in [2.05, 4.69) is 10.3 Å². The van der Waals surface area contributed by atoms with Crippen molar-refractivity contribution in [1.29, 1.82) is 0 Å². The quantitative estimate of drug-likeness (QED) is 0.841. The lowest BCUT2D eigenvalue weighted by atomic mass is 10.1. The van der Waals surface area contributed by atoms with Crippen LogP contribution in [0.4, 0.5) is 5.82 Å². The highest BCUT2D eigenvalue weighted by molar-refractivity contribution is 5.35. The van der Waals surface area contributed by atoms with Gasteiger partial charge in [-0.15, -0.1) is 0 Å². The van der Waals surface area contributed by atoms with Crippen LogP contribution in [0, 0.1) is 5.92 Å². The van der Waals surface area contributed by atoms with Gasteiger partial charge in [-0.2, -0.15) is 0 Å². The largest absolute Gasteiger partial charge is 0.493 e. The van der Waals surface area contributed by atoms with E-state index in [1.54, 1.807) is 12.3 Å². The van der Waals surface area contributed by atoms with E-state index in [4.69, 9.17) is 10.5 Å². The first-order valence-electron chi connectivity index (χ1n) is 6.39. The molecule has 0 amide bonds. The van der Waals surface area contributed by atoms with Gasteiger partial charge in [0.05, 0.1) is 6.61 Å². The highest BCUT2D eigenvalue weighted by atomic mass is 16.5. The van der Waals surface area contributed by atoms with Crippen molar-refractivity contribution < 1.29 is 4.74 Å². The number of nitrogen functional groups attached to an aromatic ring is 1. The van der Waals surface area contributed by atoms with Crippen molar-refractivity contribution in [3.8, 4) is 5.75 Å². The van der Waals surface area contributed by atoms with Crippen molar-refractivity contribution in [1.82, 2.24) is 10.3 Å². The van der Waals surface area contributed by atoms with Crippen molar-refractivity contribution in [2.24, 2.45) is 5.92 Å². The van der Waals surface area contributed by atoms with Crippen LogP contribution < -0.4 is 15.8 Å². The minimum absolute atomic E-state index is 0.509. The highest BCUT2D eigenvalue weighted by Gasteiger charge is 2.13. The number of pyridine rings is 1. The molecule has 4 nitrogen and oxygen atoms in total. The minimum atomic E-state index is 0.509. The lowest BCUT2D eigenvalue weighted by molar-refractivity contribution is 0.283. The monoisotopic (exact) mass is 237 g/mol. The molecule has 1 aromatic rings. The summed E-state index contributed by atoms with van der Waals surface area (Å²) in [5.41, 5.74) is 5.55. The highest BCUT2D eigenvalue weighted by Crippen LogP contribution is 2.15. The lowest BCUT2D eigenvalue weighted by Crippen LogP contribution is -2.11. The van der Waals surface area contributed by atoms with Crippen LogP contribution in [-0.2, 0) is 0 Å². The zero-order valence-corrected chi connectivity index (χ0v) is 10.8. The minimum Gasteiger partial charge on any atom is -0.493 e. The predicted molar refractivity (Wildman–Crippen MR) is 71.1 cm³/mol. The molecule has 1 unspecified atom stereocenters. The summed E-state index contributed by atoms with van der Waals surface area (Å²) < 4.78 is 5.60. The van der Waals surface area contributed by atoms with Gasteiger partial charge in [0, 0.05) is 12.3 Å². The van der Waals surface area contributed by atoms with Gasteiger partial charge in [-0.1, -0.05) is 13.8 Å². The SMILES string of the molecule is CC.Nc1cc(OCCC2CCNC2)ccn1. The Morgan fingerprint density at radius 2 is 2.35 bits per heavy atom. The standard InChI is InChI=1S/C11H17N3O.C2H6/c12-11-7-10(2-5-14-11)15-6-3-9-1-4-13-8-9;1-2/h2,5,7,9,13H,1,3-4,6,8H2,(H2,12,14);1-2H3. The van der Waals surface area contributed by atoms with E-state index >= 15 is 0 Å². The average molecular weight is 237 g/mol. The van der Waals surface area contributed by atoms with Crippen molar-refractivity contribution in [2.75, 3.05) is 25.4 Å². The zero-order chi connectivity index (χ0) is 12.5. The summed E-state index contributed by atoms with van der Waals surface area (Å²) in [5.74, 6) is 2.09. The maximum Gasteiger partial charge on any atom is 0.126 e. The Bertz CT molecular complexity index is 311. The molecule has 4 heteroatoms. The smallest absolute Gasteiger partial charge is 0.126 e. The summed E-state index contributed by atoms with van der Waals surface area (Å²) >= 11 is 0. The fourth-order valence-electron chi connectivity index (χ4n) is 1.82. The van der Waals surface area contributed by atoms with Gasteiger partial charge in [0.15, 0.2) is 0 Å². The third-order valence-electron chi connectivity index (χ3n) is 2.71. The molecule has 96 valence electrons. The molecule has 2 rings (SSSR count). The number of hydrogen-bond donors (Lipinski definition) is 2. The second kappa shape index (κ2) is 7.90. The molecule has 1 fully saturated rings. The van der Waals surface area contributed by atoms with Crippen LogP contribution in [0.5, 0.6) is 5.75 Å². The second-order valence-corrected chi connectivity index (χ2v) is 3.91. The molecule has 0 radical (unpaired) electrons. The van der Waals surface area contributed by atoms with Crippen LogP contribution >= 0.6 is 0 Å². The Hall–Kier alpha value is -1.29. The Balaban J connectivity index is 0.000000686. The van der Waals surface area contributed by atoms with Crippen LogP contribution in [0.25, 0.3) is 0 Å². The van der Waals surface area contributed by atoms with E-state index in [9.17, 15) is 0 Å². The van der Waals surface area contributed by atoms with Gasteiger partial charge in [-0.3, -0.25) is 0 Å². The predicted octanol–water partition coefficient (Wildman–Crippen LogP) is 2.07. The number of rotatable bonds is 4. The van der Waals surface area contributed by atoms with E-state index in [0.29, 0.717) is 5.82 Å². The molecule has 2 heterocycles. The molecule has 0 spiro atoms. The topological polar surface area (TPSA) is 60.2 Å². The Labute approximate surface area is 104 Å². The fraction of sp³-hybridized carbons (Fsp3) is 0.615. The summed E-state index contributed by atoms with van der Waals surface area (Å²) in [5, 5.41) is 3.34. The average Bonchev–Trinajstić information content (AvgIpc) is 2.85. The van der Waals surface area contributed by atoms with E-state index in [-0.39, 0.29) is 0 Å². The van der Waals surface area contributed by atoms with Crippen molar-refractivity contribution >= 4 is 5.82 Å². The van der Waals surface area contributed by atoms with Crippen LogP contribution in [-0.4, -0.2) is 24.7 Å². The second-order valence-electron chi connectivity index (χ2n) is 3.91. The molecular weight excluding hydrogens is 214 g/mol. The molecule has 0 aromatic carbocycles. The first-order valence-corrected chi connectivity index (χ1v) is 6.39. The van der Waals surface area contributed by atoms with E-state index in [1.165, 1.54) is 6.42 Å². The molecule has 17 heavy (non-hydrogen) atoms. The number of nitrogens with one attached hydrogen (secondary N) is 1.